The maximum atomic E-state index is 13.1. The maximum absolute atomic E-state index is 13.1. The van der Waals surface area contributed by atoms with Crippen LogP contribution < -0.4 is 20.3 Å². The summed E-state index contributed by atoms with van der Waals surface area (Å²) in [6, 6.07) is 4.38. The van der Waals surface area contributed by atoms with E-state index in [1.165, 1.54) is 31.1 Å². The van der Waals surface area contributed by atoms with Gasteiger partial charge in [0.2, 0.25) is 5.95 Å². The maximum Gasteiger partial charge on any atom is 0.573 e. The van der Waals surface area contributed by atoms with Gasteiger partial charge in [-0.2, -0.15) is 31.3 Å². The lowest BCUT2D eigenvalue weighted by molar-refractivity contribution is -0.274. The molecule has 1 aromatic heterocycles. The summed E-state index contributed by atoms with van der Waals surface area (Å²) in [4.78, 5) is 30.4. The lowest BCUT2D eigenvalue weighted by Crippen LogP contribution is -2.40. The molecule has 0 atom stereocenters. The molecule has 1 aromatic carbocycles. The molecule has 1 aliphatic carbocycles. The van der Waals surface area contributed by atoms with Crippen molar-refractivity contribution in [3.63, 3.8) is 0 Å². The first kappa shape index (κ1) is 33.2. The van der Waals surface area contributed by atoms with E-state index in [9.17, 15) is 44.3 Å². The molecule has 0 unspecified atom stereocenters. The second-order valence-electron chi connectivity index (χ2n) is 8.86. The first-order valence-electron chi connectivity index (χ1n) is 11.6. The zero-order chi connectivity index (χ0) is 31.2. The molecule has 0 bridgehead atoms. The van der Waals surface area contributed by atoms with E-state index in [0.717, 1.165) is 18.3 Å². The smallest absolute Gasteiger partial charge is 0.475 e. The van der Waals surface area contributed by atoms with Gasteiger partial charge >= 0.3 is 24.7 Å². The molecule has 3 N–H and O–H groups in total. The fourth-order valence-corrected chi connectivity index (χ4v) is 3.62. The average Bonchev–Trinajstić information content (AvgIpc) is 2.83. The fourth-order valence-electron chi connectivity index (χ4n) is 3.62. The molecule has 1 aliphatic rings. The summed E-state index contributed by atoms with van der Waals surface area (Å²) < 4.78 is 112. The Kier molecular flexibility index (Phi) is 10.6. The molecule has 0 saturated heterocycles. The van der Waals surface area contributed by atoms with Crippen molar-refractivity contribution < 1.29 is 58.9 Å². The van der Waals surface area contributed by atoms with Crippen LogP contribution in [0.5, 0.6) is 5.75 Å². The van der Waals surface area contributed by atoms with E-state index < -0.39 is 41.9 Å². The van der Waals surface area contributed by atoms with E-state index in [1.54, 1.807) is 0 Å². The molecule has 2 aromatic rings. The predicted molar refractivity (Wildman–Crippen MR) is 125 cm³/mol. The number of carboxylic acids is 1. The number of nitrogens with one attached hydrogen (secondary N) is 2. The van der Waals surface area contributed by atoms with Crippen molar-refractivity contribution in [3.8, 4) is 5.75 Å². The molecule has 0 radical (unpaired) electrons. The van der Waals surface area contributed by atoms with Crippen LogP contribution in [0.25, 0.3) is 0 Å². The number of benzene rings is 1. The van der Waals surface area contributed by atoms with Crippen LogP contribution in [-0.4, -0.2) is 65.7 Å². The monoisotopic (exact) mass is 605 g/mol. The van der Waals surface area contributed by atoms with E-state index >= 15 is 0 Å². The van der Waals surface area contributed by atoms with Crippen molar-refractivity contribution in [2.75, 3.05) is 24.3 Å². The van der Waals surface area contributed by atoms with Gasteiger partial charge in [-0.3, -0.25) is 4.79 Å². The number of hydrogen-bond donors (Lipinski definition) is 3. The Hall–Kier alpha value is -3.99. The Labute approximate surface area is 226 Å². The first-order valence-corrected chi connectivity index (χ1v) is 11.6. The van der Waals surface area contributed by atoms with Gasteiger partial charge < -0.3 is 25.4 Å². The van der Waals surface area contributed by atoms with Crippen LogP contribution in [0.15, 0.2) is 30.5 Å². The standard InChI is InChI=1S/C21H23F6N5O2.C2HF3O2/c1-32(2)17-16(20(22,23)24)11-28-19(31-17)30-14-7-5-13(6-8-14)29-18(33)12-3-9-15(10-4-12)34-21(25,26)27;3-2(4,5)1(6)7/h3-4,9-11,13-14H,5-8H2,1-2H3,(H,29,33)(H,28,30,31);(H,6,7)/t13-,14+;. The molecule has 1 heterocycles. The summed E-state index contributed by atoms with van der Waals surface area (Å²) in [5, 5.41) is 13.0. The number of amides is 1. The number of aliphatic carboxylic acids is 1. The lowest BCUT2D eigenvalue weighted by Gasteiger charge is -2.30. The lowest BCUT2D eigenvalue weighted by atomic mass is 9.91. The average molecular weight is 605 g/mol. The number of hydrogen-bond acceptors (Lipinski definition) is 7. The second kappa shape index (κ2) is 13.1. The number of aromatic nitrogens is 2. The molecule has 1 fully saturated rings. The van der Waals surface area contributed by atoms with Crippen LogP contribution in [0.4, 0.5) is 51.3 Å². The minimum absolute atomic E-state index is 0.0845. The number of carbonyl (C=O) groups excluding carboxylic acids is 1. The molecule has 1 amide bonds. The van der Waals surface area contributed by atoms with Crippen molar-refractivity contribution >= 4 is 23.6 Å². The van der Waals surface area contributed by atoms with Gasteiger partial charge in [-0.15, -0.1) is 13.2 Å². The minimum Gasteiger partial charge on any atom is -0.475 e. The second-order valence-corrected chi connectivity index (χ2v) is 8.86. The highest BCUT2D eigenvalue weighted by Gasteiger charge is 2.38. The molecular weight excluding hydrogens is 581 g/mol. The number of ether oxygens (including phenoxy) is 1. The van der Waals surface area contributed by atoms with E-state index in [4.69, 9.17) is 9.90 Å². The van der Waals surface area contributed by atoms with Gasteiger partial charge in [-0.1, -0.05) is 0 Å². The highest BCUT2D eigenvalue weighted by atomic mass is 19.4. The summed E-state index contributed by atoms with van der Waals surface area (Å²) in [6.07, 6.45) is -11.3. The van der Waals surface area contributed by atoms with Crippen LogP contribution in [0, 0.1) is 0 Å². The fraction of sp³-hybridized carbons (Fsp3) is 0.478. The Morgan fingerprint density at radius 2 is 1.44 bits per heavy atom. The van der Waals surface area contributed by atoms with Gasteiger partial charge in [0.15, 0.2) is 0 Å². The normalized spacial score (nSPS) is 17.5. The largest absolute Gasteiger partial charge is 0.573 e. The third kappa shape index (κ3) is 10.8. The third-order valence-electron chi connectivity index (χ3n) is 5.49. The van der Waals surface area contributed by atoms with Crippen LogP contribution >= 0.6 is 0 Å². The molecule has 18 heteroatoms. The predicted octanol–water partition coefficient (Wildman–Crippen LogP) is 5.25. The van der Waals surface area contributed by atoms with Crippen molar-refractivity contribution in [1.82, 2.24) is 15.3 Å². The number of halogens is 9. The topological polar surface area (TPSA) is 117 Å². The minimum atomic E-state index is -5.08. The molecule has 1 saturated carbocycles. The van der Waals surface area contributed by atoms with Gasteiger partial charge in [0.1, 0.15) is 17.1 Å². The highest BCUT2D eigenvalue weighted by molar-refractivity contribution is 5.94. The molecule has 3 rings (SSSR count). The molecule has 9 nitrogen and oxygen atoms in total. The van der Waals surface area contributed by atoms with E-state index in [1.807, 2.05) is 0 Å². The number of anilines is 2. The van der Waals surface area contributed by atoms with Crippen molar-refractivity contribution in [1.29, 1.82) is 0 Å². The van der Waals surface area contributed by atoms with Gasteiger partial charge in [0.05, 0.1) is 0 Å². The number of carbonyl (C=O) groups is 2. The summed E-state index contributed by atoms with van der Waals surface area (Å²) in [5.41, 5.74) is -0.725. The Morgan fingerprint density at radius 3 is 1.88 bits per heavy atom. The number of alkyl halides is 9. The molecule has 0 aliphatic heterocycles. The highest BCUT2D eigenvalue weighted by Crippen LogP contribution is 2.35. The van der Waals surface area contributed by atoms with E-state index in [-0.39, 0.29) is 29.4 Å². The van der Waals surface area contributed by atoms with Crippen molar-refractivity contribution in [2.24, 2.45) is 0 Å². The van der Waals surface area contributed by atoms with Crippen LogP contribution in [-0.2, 0) is 11.0 Å². The summed E-state index contributed by atoms with van der Waals surface area (Å²) in [5.74, 6) is -3.74. The SMILES string of the molecule is CN(C)c1nc(N[C@H]2CC[C@@H](NC(=O)c3ccc(OC(F)(F)F)cc3)CC2)ncc1C(F)(F)F.O=C(O)C(F)(F)F. The van der Waals surface area contributed by atoms with Crippen LogP contribution in [0.2, 0.25) is 0 Å². The zero-order valence-electron chi connectivity index (χ0n) is 21.3. The van der Waals surface area contributed by atoms with Crippen LogP contribution in [0.3, 0.4) is 0 Å². The van der Waals surface area contributed by atoms with Crippen LogP contribution in [0.1, 0.15) is 41.6 Å². The molecule has 228 valence electrons. The summed E-state index contributed by atoms with van der Waals surface area (Å²) >= 11 is 0. The van der Waals surface area contributed by atoms with E-state index in [0.29, 0.717) is 25.7 Å². The Balaban J connectivity index is 0.000000745. The number of carboxylic acid groups (broad SMARTS) is 1. The Bertz CT molecular complexity index is 1180. The molecule has 0 spiro atoms. The quantitative estimate of drug-likeness (QED) is 0.383. The van der Waals surface area contributed by atoms with Gasteiger partial charge in [-0.25, -0.2) is 9.78 Å². The molecular formula is C23H24F9N5O4. The van der Waals surface area contributed by atoms with Crippen molar-refractivity contribution in [2.45, 2.75) is 56.5 Å². The van der Waals surface area contributed by atoms with Gasteiger partial charge in [0, 0.05) is 37.9 Å². The summed E-state index contributed by atoms with van der Waals surface area (Å²) in [6.45, 7) is 0. The summed E-state index contributed by atoms with van der Waals surface area (Å²) in [7, 11) is 2.93. The van der Waals surface area contributed by atoms with Crippen molar-refractivity contribution in [3.05, 3.63) is 41.6 Å². The molecule has 41 heavy (non-hydrogen) atoms. The van der Waals surface area contributed by atoms with Gasteiger partial charge in [0.25, 0.3) is 5.91 Å². The third-order valence-corrected chi connectivity index (χ3v) is 5.49. The Morgan fingerprint density at radius 1 is 0.927 bits per heavy atom. The number of nitrogens with zero attached hydrogens (tertiary/aromatic N) is 3. The van der Waals surface area contributed by atoms with Gasteiger partial charge in [-0.05, 0) is 49.9 Å². The van der Waals surface area contributed by atoms with E-state index in [2.05, 4.69) is 25.3 Å². The first-order chi connectivity index (χ1) is 18.8. The number of rotatable bonds is 6. The zero-order valence-corrected chi connectivity index (χ0v) is 21.3.